The largest absolute Gasteiger partial charge is 0.522 e. The molecule has 0 saturated heterocycles. The molecule has 0 bridgehead atoms. The van der Waals surface area contributed by atoms with E-state index in [9.17, 15) is 18.3 Å². The van der Waals surface area contributed by atoms with Gasteiger partial charge in [-0.05, 0) is 35.4 Å². The maximum absolute atomic E-state index is 10.7. The summed E-state index contributed by atoms with van der Waals surface area (Å²) in [6, 6.07) is 11.0. The lowest BCUT2D eigenvalue weighted by atomic mass is 10.1. The topological polar surface area (TPSA) is 87.5 Å². The molecule has 1 aromatic heterocycles. The number of aromatic nitrogens is 1. The molecule has 0 aliphatic carbocycles. The molecule has 2 aromatic rings. The number of benzene rings is 1. The van der Waals surface area contributed by atoms with E-state index in [1.165, 1.54) is 0 Å². The first-order valence-corrected chi connectivity index (χ1v) is 6.78. The number of halogens is 3. The predicted octanol–water partition coefficient (Wildman–Crippen LogP) is 2.85. The van der Waals surface area contributed by atoms with Crippen molar-refractivity contribution in [1.82, 2.24) is 4.98 Å². The Balaban J connectivity index is 0.000000240. The van der Waals surface area contributed by atoms with Gasteiger partial charge >= 0.3 is 15.6 Å². The molecule has 0 atom stereocenters. The Hall–Kier alpha value is -2.13. The third-order valence-corrected chi connectivity index (χ3v) is 2.74. The molecule has 0 fully saturated rings. The summed E-state index contributed by atoms with van der Waals surface area (Å²) in [7, 11) is -5.84. The summed E-state index contributed by atoms with van der Waals surface area (Å²) in [6.07, 6.45) is 3.47. The van der Waals surface area contributed by atoms with Gasteiger partial charge in [-0.25, -0.2) is 0 Å². The van der Waals surface area contributed by atoms with E-state index < -0.39 is 15.6 Å². The smallest absolute Gasteiger partial charge is 0.508 e. The standard InChI is InChI=1S/C11H9NO.CHF3O3S/c13-11-3-1-2-10(8-11)9-4-6-12-7-5-9;2-1(3,4)8(5,6)7/h1-8,13H;(H,5,6,7). The van der Waals surface area contributed by atoms with E-state index in [2.05, 4.69) is 4.98 Å². The summed E-state index contributed by atoms with van der Waals surface area (Å²) in [6.45, 7) is 0. The summed E-state index contributed by atoms with van der Waals surface area (Å²) in [5, 5.41) is 9.26. The summed E-state index contributed by atoms with van der Waals surface area (Å²) < 4.78 is 57.5. The minimum atomic E-state index is -5.84. The van der Waals surface area contributed by atoms with Crippen LogP contribution in [0.5, 0.6) is 5.75 Å². The maximum atomic E-state index is 10.7. The van der Waals surface area contributed by atoms with Crippen LogP contribution < -0.4 is 0 Å². The number of hydrogen-bond donors (Lipinski definition) is 2. The maximum Gasteiger partial charge on any atom is 0.522 e. The third-order valence-electron chi connectivity index (χ3n) is 2.15. The minimum absolute atomic E-state index is 0.286. The Morgan fingerprint density at radius 3 is 1.95 bits per heavy atom. The second-order valence-corrected chi connectivity index (χ2v) is 5.12. The number of hydrogen-bond acceptors (Lipinski definition) is 4. The van der Waals surface area contributed by atoms with E-state index in [4.69, 9.17) is 13.0 Å². The van der Waals surface area contributed by atoms with Gasteiger partial charge in [-0.1, -0.05) is 12.1 Å². The van der Waals surface area contributed by atoms with E-state index in [0.29, 0.717) is 0 Å². The van der Waals surface area contributed by atoms with Crippen molar-refractivity contribution in [1.29, 1.82) is 0 Å². The fourth-order valence-electron chi connectivity index (χ4n) is 1.23. The fraction of sp³-hybridized carbons (Fsp3) is 0.0833. The summed E-state index contributed by atoms with van der Waals surface area (Å²) in [4.78, 5) is 3.93. The Labute approximate surface area is 118 Å². The van der Waals surface area contributed by atoms with Gasteiger partial charge in [0.2, 0.25) is 0 Å². The predicted molar refractivity (Wildman–Crippen MR) is 68.9 cm³/mol. The fourth-order valence-corrected chi connectivity index (χ4v) is 1.23. The van der Waals surface area contributed by atoms with Crippen LogP contribution in [-0.4, -0.2) is 28.6 Å². The molecular weight excluding hydrogens is 311 g/mol. The quantitative estimate of drug-likeness (QED) is 0.623. The van der Waals surface area contributed by atoms with E-state index in [1.54, 1.807) is 24.5 Å². The van der Waals surface area contributed by atoms with E-state index in [0.717, 1.165) is 11.1 Å². The molecule has 0 aliphatic heterocycles. The number of nitrogens with zero attached hydrogens (tertiary/aromatic N) is 1. The number of phenols is 1. The zero-order valence-electron chi connectivity index (χ0n) is 10.3. The molecule has 0 aliphatic rings. The lowest BCUT2D eigenvalue weighted by Gasteiger charge is -2.00. The van der Waals surface area contributed by atoms with Crippen LogP contribution in [0.1, 0.15) is 0 Å². The molecule has 0 saturated carbocycles. The SMILES string of the molecule is O=S(=O)(O)C(F)(F)F.Oc1cccc(-c2ccncc2)c1. The molecule has 1 aromatic carbocycles. The normalized spacial score (nSPS) is 11.4. The van der Waals surface area contributed by atoms with Crippen molar-refractivity contribution >= 4 is 10.1 Å². The van der Waals surface area contributed by atoms with Crippen molar-refractivity contribution in [3.8, 4) is 16.9 Å². The third kappa shape index (κ3) is 5.40. The highest BCUT2D eigenvalue weighted by molar-refractivity contribution is 7.86. The van der Waals surface area contributed by atoms with Gasteiger partial charge in [0, 0.05) is 12.4 Å². The first-order chi connectivity index (χ1) is 9.61. The monoisotopic (exact) mass is 321 g/mol. The van der Waals surface area contributed by atoms with Crippen molar-refractivity contribution in [3.63, 3.8) is 0 Å². The molecule has 0 radical (unpaired) electrons. The van der Waals surface area contributed by atoms with E-state index in [1.807, 2.05) is 24.3 Å². The first kappa shape index (κ1) is 16.9. The lowest BCUT2D eigenvalue weighted by molar-refractivity contribution is -0.0510. The highest BCUT2D eigenvalue weighted by Crippen LogP contribution is 2.22. The van der Waals surface area contributed by atoms with Gasteiger partial charge in [0.1, 0.15) is 5.75 Å². The highest BCUT2D eigenvalue weighted by Gasteiger charge is 2.44. The summed E-state index contributed by atoms with van der Waals surface area (Å²) in [5.41, 5.74) is -3.47. The van der Waals surface area contributed by atoms with Crippen molar-refractivity contribution in [2.24, 2.45) is 0 Å². The number of rotatable bonds is 1. The van der Waals surface area contributed by atoms with E-state index in [-0.39, 0.29) is 5.75 Å². The summed E-state index contributed by atoms with van der Waals surface area (Å²) in [5.74, 6) is 0.286. The molecule has 0 amide bonds. The van der Waals surface area contributed by atoms with Crippen LogP contribution in [-0.2, 0) is 10.1 Å². The van der Waals surface area contributed by atoms with Gasteiger partial charge in [-0.15, -0.1) is 0 Å². The van der Waals surface area contributed by atoms with Gasteiger partial charge in [-0.3, -0.25) is 9.54 Å². The van der Waals surface area contributed by atoms with E-state index >= 15 is 0 Å². The zero-order valence-corrected chi connectivity index (χ0v) is 11.1. The average molecular weight is 321 g/mol. The molecule has 21 heavy (non-hydrogen) atoms. The van der Waals surface area contributed by atoms with Crippen LogP contribution in [0.4, 0.5) is 13.2 Å². The summed E-state index contributed by atoms with van der Waals surface area (Å²) >= 11 is 0. The van der Waals surface area contributed by atoms with Crippen LogP contribution in [0.3, 0.4) is 0 Å². The average Bonchev–Trinajstić information content (AvgIpc) is 2.38. The van der Waals surface area contributed by atoms with Crippen LogP contribution in [0.2, 0.25) is 0 Å². The number of phenolic OH excluding ortho intramolecular Hbond substituents is 1. The van der Waals surface area contributed by atoms with Crippen LogP contribution in [0.15, 0.2) is 48.8 Å². The van der Waals surface area contributed by atoms with Gasteiger partial charge in [0.15, 0.2) is 0 Å². The number of alkyl halides is 3. The molecule has 0 unspecified atom stereocenters. The van der Waals surface area contributed by atoms with Crippen molar-refractivity contribution in [2.75, 3.05) is 0 Å². The highest BCUT2D eigenvalue weighted by atomic mass is 32.2. The van der Waals surface area contributed by atoms with Crippen LogP contribution in [0.25, 0.3) is 11.1 Å². The zero-order chi connectivity index (χ0) is 16.1. The number of aromatic hydroxyl groups is 1. The molecule has 2 N–H and O–H groups in total. The second-order valence-electron chi connectivity index (χ2n) is 3.71. The second kappa shape index (κ2) is 6.55. The minimum Gasteiger partial charge on any atom is -0.508 e. The van der Waals surface area contributed by atoms with Crippen LogP contribution in [0, 0.1) is 0 Å². The molecule has 114 valence electrons. The van der Waals surface area contributed by atoms with Crippen LogP contribution >= 0.6 is 0 Å². The Morgan fingerprint density at radius 2 is 1.52 bits per heavy atom. The lowest BCUT2D eigenvalue weighted by Crippen LogP contribution is -2.21. The van der Waals surface area contributed by atoms with Gasteiger partial charge in [0.05, 0.1) is 0 Å². The number of pyridine rings is 1. The Morgan fingerprint density at radius 1 is 1.00 bits per heavy atom. The molecule has 5 nitrogen and oxygen atoms in total. The Kier molecular flexibility index (Phi) is 5.28. The molecule has 0 spiro atoms. The molecule has 9 heteroatoms. The van der Waals surface area contributed by atoms with Gasteiger partial charge < -0.3 is 5.11 Å². The van der Waals surface area contributed by atoms with Crippen molar-refractivity contribution in [2.45, 2.75) is 5.51 Å². The van der Waals surface area contributed by atoms with Gasteiger partial charge in [-0.2, -0.15) is 21.6 Å². The Bertz CT molecular complexity index is 687. The van der Waals surface area contributed by atoms with Gasteiger partial charge in [0.25, 0.3) is 0 Å². The first-order valence-electron chi connectivity index (χ1n) is 5.34. The molecule has 1 heterocycles. The van der Waals surface area contributed by atoms with Crippen molar-refractivity contribution < 1.29 is 31.2 Å². The molecule has 2 rings (SSSR count). The van der Waals surface area contributed by atoms with Crippen molar-refractivity contribution in [3.05, 3.63) is 48.8 Å². The molecular formula is C12H10F3NO4S.